The van der Waals surface area contributed by atoms with Gasteiger partial charge in [0, 0.05) is 16.2 Å². The Morgan fingerprint density at radius 3 is 2.65 bits per heavy atom. The number of halogens is 1. The number of carbonyl (C=O) groups excluding carboxylic acids is 1. The SMILES string of the molecule is C=C(C(C)=O)[C@@H](c1ccccc1Br)n1cccc1C#N. The quantitative estimate of drug-likeness (QED) is 0.800. The molecule has 1 aromatic heterocycles. The fourth-order valence-electron chi connectivity index (χ4n) is 2.11. The summed E-state index contributed by atoms with van der Waals surface area (Å²) in [7, 11) is 0. The molecule has 0 saturated carbocycles. The minimum absolute atomic E-state index is 0.0941. The number of nitriles is 1. The van der Waals surface area contributed by atoms with Gasteiger partial charge in [-0.3, -0.25) is 4.79 Å². The van der Waals surface area contributed by atoms with Gasteiger partial charge in [0.2, 0.25) is 0 Å². The molecular weight excluding hydrogens is 316 g/mol. The Bertz CT molecular complexity index is 707. The third-order valence-corrected chi connectivity index (χ3v) is 3.88. The maximum Gasteiger partial charge on any atom is 0.157 e. The van der Waals surface area contributed by atoms with Crippen molar-refractivity contribution in [2.45, 2.75) is 13.0 Å². The van der Waals surface area contributed by atoms with Crippen LogP contribution in [0.4, 0.5) is 0 Å². The van der Waals surface area contributed by atoms with Crippen molar-refractivity contribution in [1.29, 1.82) is 5.26 Å². The number of aromatic nitrogens is 1. The van der Waals surface area contributed by atoms with Crippen molar-refractivity contribution in [2.75, 3.05) is 0 Å². The maximum atomic E-state index is 11.8. The molecule has 0 N–H and O–H groups in total. The average Bonchev–Trinajstić information content (AvgIpc) is 2.89. The van der Waals surface area contributed by atoms with E-state index in [4.69, 9.17) is 0 Å². The van der Waals surface area contributed by atoms with Gasteiger partial charge in [0.1, 0.15) is 11.8 Å². The first-order valence-corrected chi connectivity index (χ1v) is 6.86. The zero-order chi connectivity index (χ0) is 14.7. The second-order valence-corrected chi connectivity index (χ2v) is 5.27. The minimum Gasteiger partial charge on any atom is -0.328 e. The van der Waals surface area contributed by atoms with Crippen LogP contribution in [-0.4, -0.2) is 10.4 Å². The van der Waals surface area contributed by atoms with E-state index in [0.717, 1.165) is 10.0 Å². The second kappa shape index (κ2) is 5.89. The van der Waals surface area contributed by atoms with Crippen LogP contribution in [0.1, 0.15) is 24.2 Å². The highest BCUT2D eigenvalue weighted by atomic mass is 79.9. The Balaban J connectivity index is 2.64. The average molecular weight is 329 g/mol. The third-order valence-electron chi connectivity index (χ3n) is 3.15. The van der Waals surface area contributed by atoms with E-state index in [0.29, 0.717) is 11.3 Å². The van der Waals surface area contributed by atoms with Crippen molar-refractivity contribution in [3.63, 3.8) is 0 Å². The Kier molecular flexibility index (Phi) is 4.21. The van der Waals surface area contributed by atoms with Crippen molar-refractivity contribution in [1.82, 2.24) is 4.57 Å². The van der Waals surface area contributed by atoms with Crippen molar-refractivity contribution in [2.24, 2.45) is 0 Å². The number of Topliss-reactive ketones (excluding diaryl/α,β-unsaturated/α-hetero) is 1. The third kappa shape index (κ3) is 2.59. The molecule has 0 fully saturated rings. The summed E-state index contributed by atoms with van der Waals surface area (Å²) in [6.07, 6.45) is 1.79. The van der Waals surface area contributed by atoms with Crippen LogP contribution in [0.3, 0.4) is 0 Å². The highest BCUT2D eigenvalue weighted by molar-refractivity contribution is 9.10. The van der Waals surface area contributed by atoms with Crippen molar-refractivity contribution >= 4 is 21.7 Å². The van der Waals surface area contributed by atoms with Gasteiger partial charge in [-0.05, 0) is 30.7 Å². The monoisotopic (exact) mass is 328 g/mol. The summed E-state index contributed by atoms with van der Waals surface area (Å²) in [4.78, 5) is 11.8. The number of hydrogen-bond donors (Lipinski definition) is 0. The Morgan fingerprint density at radius 1 is 1.35 bits per heavy atom. The lowest BCUT2D eigenvalue weighted by molar-refractivity contribution is -0.113. The predicted octanol–water partition coefficient (Wildman–Crippen LogP) is 3.86. The van der Waals surface area contributed by atoms with Gasteiger partial charge >= 0.3 is 0 Å². The van der Waals surface area contributed by atoms with Crippen molar-refractivity contribution < 1.29 is 4.79 Å². The van der Waals surface area contributed by atoms with E-state index in [-0.39, 0.29) is 11.8 Å². The van der Waals surface area contributed by atoms with Crippen LogP contribution in [0, 0.1) is 11.3 Å². The summed E-state index contributed by atoms with van der Waals surface area (Å²) < 4.78 is 2.65. The number of carbonyl (C=O) groups is 1. The molecule has 1 aromatic carbocycles. The first-order chi connectivity index (χ1) is 9.56. The van der Waals surface area contributed by atoms with E-state index in [1.54, 1.807) is 22.9 Å². The molecule has 0 saturated heterocycles. The number of rotatable bonds is 4. The molecule has 0 aliphatic carbocycles. The van der Waals surface area contributed by atoms with Crippen molar-refractivity contribution in [3.8, 4) is 6.07 Å². The van der Waals surface area contributed by atoms with Crippen LogP contribution in [-0.2, 0) is 4.79 Å². The number of benzene rings is 1. The summed E-state index contributed by atoms with van der Waals surface area (Å²) in [6.45, 7) is 5.39. The van der Waals surface area contributed by atoms with Gasteiger partial charge in [0.05, 0.1) is 6.04 Å². The molecule has 4 heteroatoms. The molecule has 0 radical (unpaired) electrons. The molecule has 0 unspecified atom stereocenters. The molecular formula is C16H13BrN2O. The zero-order valence-electron chi connectivity index (χ0n) is 11.0. The topological polar surface area (TPSA) is 45.8 Å². The molecule has 1 heterocycles. The number of ketones is 1. The number of nitrogens with zero attached hydrogens (tertiary/aromatic N) is 2. The van der Waals surface area contributed by atoms with Gasteiger partial charge in [-0.15, -0.1) is 0 Å². The van der Waals surface area contributed by atoms with Crippen LogP contribution >= 0.6 is 15.9 Å². The van der Waals surface area contributed by atoms with E-state index >= 15 is 0 Å². The number of allylic oxidation sites excluding steroid dienone is 1. The van der Waals surface area contributed by atoms with Crippen LogP contribution in [0.2, 0.25) is 0 Å². The molecule has 0 aliphatic rings. The summed E-state index contributed by atoms with van der Waals surface area (Å²) >= 11 is 3.50. The largest absolute Gasteiger partial charge is 0.328 e. The van der Waals surface area contributed by atoms with E-state index < -0.39 is 0 Å². The minimum atomic E-state index is -0.382. The predicted molar refractivity (Wildman–Crippen MR) is 81.2 cm³/mol. The summed E-state index contributed by atoms with van der Waals surface area (Å²) in [6, 6.07) is 12.9. The molecule has 0 aliphatic heterocycles. The Morgan fingerprint density at radius 2 is 2.05 bits per heavy atom. The van der Waals surface area contributed by atoms with Crippen LogP contribution in [0.5, 0.6) is 0 Å². The van der Waals surface area contributed by atoms with Crippen LogP contribution in [0.25, 0.3) is 0 Å². The normalized spacial score (nSPS) is 11.7. The molecule has 3 nitrogen and oxygen atoms in total. The smallest absolute Gasteiger partial charge is 0.157 e. The van der Waals surface area contributed by atoms with Gasteiger partial charge in [-0.25, -0.2) is 0 Å². The van der Waals surface area contributed by atoms with E-state index in [1.165, 1.54) is 6.92 Å². The molecule has 0 amide bonds. The molecule has 2 rings (SSSR count). The summed E-state index contributed by atoms with van der Waals surface area (Å²) in [5, 5.41) is 9.20. The molecule has 20 heavy (non-hydrogen) atoms. The Labute approximate surface area is 126 Å². The summed E-state index contributed by atoms with van der Waals surface area (Å²) in [5.41, 5.74) is 1.85. The standard InChI is InChI=1S/C16H13BrN2O/c1-11(12(2)20)16(14-7-3-4-8-15(14)17)19-9-5-6-13(19)10-18/h3-9,16H,1H2,2H3/t16-/m0/s1. The molecule has 100 valence electrons. The molecule has 1 atom stereocenters. The van der Waals surface area contributed by atoms with Crippen LogP contribution < -0.4 is 0 Å². The summed E-state index contributed by atoms with van der Waals surface area (Å²) in [5.74, 6) is -0.0941. The van der Waals surface area contributed by atoms with E-state index in [9.17, 15) is 10.1 Å². The second-order valence-electron chi connectivity index (χ2n) is 4.42. The highest BCUT2D eigenvalue weighted by Gasteiger charge is 2.23. The fraction of sp³-hybridized carbons (Fsp3) is 0.125. The van der Waals surface area contributed by atoms with Gasteiger partial charge in [0.15, 0.2) is 5.78 Å². The van der Waals surface area contributed by atoms with Gasteiger partial charge < -0.3 is 4.57 Å². The number of hydrogen-bond acceptors (Lipinski definition) is 2. The van der Waals surface area contributed by atoms with Crippen molar-refractivity contribution in [3.05, 3.63) is 70.5 Å². The molecule has 0 spiro atoms. The van der Waals surface area contributed by atoms with Gasteiger partial charge in [0.25, 0.3) is 0 Å². The fourth-order valence-corrected chi connectivity index (χ4v) is 2.61. The maximum absolute atomic E-state index is 11.8. The lowest BCUT2D eigenvalue weighted by Gasteiger charge is -2.22. The van der Waals surface area contributed by atoms with E-state index in [2.05, 4.69) is 28.6 Å². The highest BCUT2D eigenvalue weighted by Crippen LogP contribution is 2.32. The van der Waals surface area contributed by atoms with E-state index in [1.807, 2.05) is 24.3 Å². The molecule has 2 aromatic rings. The lowest BCUT2D eigenvalue weighted by atomic mass is 9.97. The lowest BCUT2D eigenvalue weighted by Crippen LogP contribution is -2.18. The zero-order valence-corrected chi connectivity index (χ0v) is 12.6. The first kappa shape index (κ1) is 14.3. The van der Waals surface area contributed by atoms with Gasteiger partial charge in [-0.2, -0.15) is 5.26 Å². The first-order valence-electron chi connectivity index (χ1n) is 6.07. The van der Waals surface area contributed by atoms with Gasteiger partial charge in [-0.1, -0.05) is 40.7 Å². The molecule has 0 bridgehead atoms. The van der Waals surface area contributed by atoms with Crippen LogP contribution in [0.15, 0.2) is 59.2 Å². The Hall–Kier alpha value is -2.12.